The lowest BCUT2D eigenvalue weighted by atomic mass is 10.1. The van der Waals surface area contributed by atoms with E-state index in [4.69, 9.17) is 11.5 Å². The van der Waals surface area contributed by atoms with Crippen molar-refractivity contribution in [3.63, 3.8) is 0 Å². The van der Waals surface area contributed by atoms with E-state index in [-0.39, 0.29) is 0 Å². The highest BCUT2D eigenvalue weighted by atomic mass is 16.1. The molecule has 0 saturated heterocycles. The van der Waals surface area contributed by atoms with Crippen LogP contribution in [0.15, 0.2) is 36.4 Å². The minimum Gasteiger partial charge on any atom is -0.397 e. The number of nitrogens with two attached hydrogens (primary N) is 2. The number of nitrogen functional groups attached to an aromatic ring is 1. The Balaban J connectivity index is 2.46. The lowest BCUT2D eigenvalue weighted by Gasteiger charge is -2.15. The van der Waals surface area contributed by atoms with Crippen LogP contribution in [0, 0.1) is 13.8 Å². The first-order chi connectivity index (χ1) is 8.99. The van der Waals surface area contributed by atoms with Gasteiger partial charge in [0.15, 0.2) is 0 Å². The SMILES string of the molecule is Cc1ccc(Nc2c(N)cccc2C(N)=O)c(C)c1. The molecule has 0 atom stereocenters. The zero-order valence-electron chi connectivity index (χ0n) is 11.0. The van der Waals surface area contributed by atoms with Crippen LogP contribution in [0.25, 0.3) is 0 Å². The van der Waals surface area contributed by atoms with Gasteiger partial charge in [-0.25, -0.2) is 0 Å². The molecule has 2 rings (SSSR count). The van der Waals surface area contributed by atoms with E-state index in [1.165, 1.54) is 5.56 Å². The van der Waals surface area contributed by atoms with Gasteiger partial charge in [-0.3, -0.25) is 4.79 Å². The van der Waals surface area contributed by atoms with Crippen molar-refractivity contribution in [1.82, 2.24) is 0 Å². The van der Waals surface area contributed by atoms with Crippen LogP contribution < -0.4 is 16.8 Å². The summed E-state index contributed by atoms with van der Waals surface area (Å²) < 4.78 is 0. The third-order valence-electron chi connectivity index (χ3n) is 3.00. The van der Waals surface area contributed by atoms with Gasteiger partial charge in [-0.05, 0) is 37.6 Å². The van der Waals surface area contributed by atoms with Gasteiger partial charge in [0, 0.05) is 5.69 Å². The lowest BCUT2D eigenvalue weighted by molar-refractivity contribution is 0.100. The number of aryl methyl sites for hydroxylation is 2. The summed E-state index contributed by atoms with van der Waals surface area (Å²) in [4.78, 5) is 11.4. The molecule has 4 heteroatoms. The number of hydrogen-bond acceptors (Lipinski definition) is 3. The molecule has 4 nitrogen and oxygen atoms in total. The number of rotatable bonds is 3. The van der Waals surface area contributed by atoms with Gasteiger partial charge < -0.3 is 16.8 Å². The average Bonchev–Trinajstić information content (AvgIpc) is 2.34. The second-order valence-electron chi connectivity index (χ2n) is 4.58. The third kappa shape index (κ3) is 2.68. The Morgan fingerprint density at radius 2 is 1.89 bits per heavy atom. The first-order valence-electron chi connectivity index (χ1n) is 6.01. The monoisotopic (exact) mass is 255 g/mol. The first-order valence-corrected chi connectivity index (χ1v) is 6.01. The first kappa shape index (κ1) is 13.0. The minimum absolute atomic E-state index is 0.389. The molecule has 2 aromatic carbocycles. The summed E-state index contributed by atoms with van der Waals surface area (Å²) in [5.41, 5.74) is 15.9. The Morgan fingerprint density at radius 1 is 1.16 bits per heavy atom. The largest absolute Gasteiger partial charge is 0.397 e. The molecule has 0 aliphatic heterocycles. The van der Waals surface area contributed by atoms with E-state index in [1.54, 1.807) is 18.2 Å². The van der Waals surface area contributed by atoms with Gasteiger partial charge in [0.2, 0.25) is 0 Å². The molecule has 0 fully saturated rings. The third-order valence-corrected chi connectivity index (χ3v) is 3.00. The molecular weight excluding hydrogens is 238 g/mol. The van der Waals surface area contributed by atoms with Crippen molar-refractivity contribution in [2.75, 3.05) is 11.1 Å². The van der Waals surface area contributed by atoms with Gasteiger partial charge in [-0.1, -0.05) is 23.8 Å². The van der Waals surface area contributed by atoms with Crippen molar-refractivity contribution >= 4 is 23.0 Å². The fraction of sp³-hybridized carbons (Fsp3) is 0.133. The molecule has 98 valence electrons. The zero-order valence-corrected chi connectivity index (χ0v) is 11.0. The molecule has 0 radical (unpaired) electrons. The summed E-state index contributed by atoms with van der Waals surface area (Å²) in [6.45, 7) is 4.03. The molecule has 0 spiro atoms. The fourth-order valence-electron chi connectivity index (χ4n) is 2.00. The van der Waals surface area contributed by atoms with Crippen LogP contribution in [0.1, 0.15) is 21.5 Å². The average molecular weight is 255 g/mol. The van der Waals surface area contributed by atoms with E-state index < -0.39 is 5.91 Å². The Hall–Kier alpha value is -2.49. The van der Waals surface area contributed by atoms with E-state index in [1.807, 2.05) is 26.0 Å². The Bertz CT molecular complexity index is 635. The van der Waals surface area contributed by atoms with Crippen molar-refractivity contribution in [3.05, 3.63) is 53.1 Å². The normalized spacial score (nSPS) is 10.2. The standard InChI is InChI=1S/C15H17N3O/c1-9-6-7-13(10(2)8-9)18-14-11(15(17)19)4-3-5-12(14)16/h3-8,18H,16H2,1-2H3,(H2,17,19). The molecule has 0 aliphatic carbocycles. The summed E-state index contributed by atoms with van der Waals surface area (Å²) in [5, 5.41) is 3.19. The number of para-hydroxylation sites is 1. The number of carbonyl (C=O) groups is 1. The lowest BCUT2D eigenvalue weighted by Crippen LogP contribution is -2.14. The number of primary amides is 1. The molecule has 0 saturated carbocycles. The van der Waals surface area contributed by atoms with E-state index in [9.17, 15) is 4.79 Å². The predicted molar refractivity (Wildman–Crippen MR) is 78.6 cm³/mol. The van der Waals surface area contributed by atoms with E-state index in [2.05, 4.69) is 11.4 Å². The van der Waals surface area contributed by atoms with Crippen molar-refractivity contribution in [1.29, 1.82) is 0 Å². The molecule has 0 heterocycles. The number of benzene rings is 2. The van der Waals surface area contributed by atoms with Crippen LogP contribution in [-0.2, 0) is 0 Å². The molecule has 2 aromatic rings. The van der Waals surface area contributed by atoms with Gasteiger partial charge in [0.1, 0.15) is 0 Å². The van der Waals surface area contributed by atoms with Crippen LogP contribution in [-0.4, -0.2) is 5.91 Å². The maximum absolute atomic E-state index is 11.4. The molecule has 1 amide bonds. The van der Waals surface area contributed by atoms with Crippen LogP contribution in [0.2, 0.25) is 0 Å². The second kappa shape index (κ2) is 5.02. The number of hydrogen-bond donors (Lipinski definition) is 3. The maximum Gasteiger partial charge on any atom is 0.250 e. The van der Waals surface area contributed by atoms with E-state index in [0.717, 1.165) is 11.3 Å². The highest BCUT2D eigenvalue weighted by Gasteiger charge is 2.11. The molecule has 19 heavy (non-hydrogen) atoms. The number of nitrogens with one attached hydrogen (secondary N) is 1. The van der Waals surface area contributed by atoms with Crippen LogP contribution in [0.3, 0.4) is 0 Å². The van der Waals surface area contributed by atoms with Crippen molar-refractivity contribution in [2.45, 2.75) is 13.8 Å². The number of carbonyl (C=O) groups excluding carboxylic acids is 1. The molecule has 0 aromatic heterocycles. The van der Waals surface area contributed by atoms with Gasteiger partial charge in [0.05, 0.1) is 16.9 Å². The summed E-state index contributed by atoms with van der Waals surface area (Å²) in [5.74, 6) is -0.500. The summed E-state index contributed by atoms with van der Waals surface area (Å²) in [6, 6.07) is 11.1. The fourth-order valence-corrected chi connectivity index (χ4v) is 2.00. The van der Waals surface area contributed by atoms with Crippen molar-refractivity contribution in [2.24, 2.45) is 5.73 Å². The molecular formula is C15H17N3O. The van der Waals surface area contributed by atoms with Crippen molar-refractivity contribution in [3.8, 4) is 0 Å². The molecule has 0 unspecified atom stereocenters. The Morgan fingerprint density at radius 3 is 2.53 bits per heavy atom. The molecule has 0 bridgehead atoms. The molecule has 0 aliphatic rings. The Kier molecular flexibility index (Phi) is 3.42. The topological polar surface area (TPSA) is 81.1 Å². The number of amides is 1. The van der Waals surface area contributed by atoms with Crippen LogP contribution >= 0.6 is 0 Å². The number of anilines is 3. The summed E-state index contributed by atoms with van der Waals surface area (Å²) >= 11 is 0. The van der Waals surface area contributed by atoms with Gasteiger partial charge in [-0.15, -0.1) is 0 Å². The predicted octanol–water partition coefficient (Wildman–Crippen LogP) is 2.73. The minimum atomic E-state index is -0.500. The van der Waals surface area contributed by atoms with Gasteiger partial charge in [0.25, 0.3) is 5.91 Å². The summed E-state index contributed by atoms with van der Waals surface area (Å²) in [6.07, 6.45) is 0. The van der Waals surface area contributed by atoms with Gasteiger partial charge >= 0.3 is 0 Å². The quantitative estimate of drug-likeness (QED) is 0.737. The maximum atomic E-state index is 11.4. The zero-order chi connectivity index (χ0) is 14.0. The molecule has 5 N–H and O–H groups in total. The van der Waals surface area contributed by atoms with Gasteiger partial charge in [-0.2, -0.15) is 0 Å². The smallest absolute Gasteiger partial charge is 0.250 e. The highest BCUT2D eigenvalue weighted by Crippen LogP contribution is 2.29. The van der Waals surface area contributed by atoms with Crippen LogP contribution in [0.4, 0.5) is 17.1 Å². The van der Waals surface area contributed by atoms with Crippen molar-refractivity contribution < 1.29 is 4.79 Å². The highest BCUT2D eigenvalue weighted by molar-refractivity contribution is 6.02. The second-order valence-corrected chi connectivity index (χ2v) is 4.58. The van der Waals surface area contributed by atoms with Crippen LogP contribution in [0.5, 0.6) is 0 Å². The van der Waals surface area contributed by atoms with E-state index in [0.29, 0.717) is 16.9 Å². The van der Waals surface area contributed by atoms with E-state index >= 15 is 0 Å². The summed E-state index contributed by atoms with van der Waals surface area (Å²) in [7, 11) is 0. The Labute approximate surface area is 112 Å².